The molecule has 1 aliphatic rings. The van der Waals surface area contributed by atoms with E-state index < -0.39 is 12.6 Å². The summed E-state index contributed by atoms with van der Waals surface area (Å²) in [4.78, 5) is 29.3. The molecule has 168 valence electrons. The average Bonchev–Trinajstić information content (AvgIpc) is 2.66. The van der Waals surface area contributed by atoms with Crippen molar-refractivity contribution < 1.29 is 23.1 Å². The summed E-state index contributed by atoms with van der Waals surface area (Å²) >= 11 is 0. The van der Waals surface area contributed by atoms with E-state index in [1.807, 2.05) is 26.0 Å². The van der Waals surface area contributed by atoms with Gasteiger partial charge in [0.2, 0.25) is 5.91 Å². The molecule has 0 spiro atoms. The van der Waals surface area contributed by atoms with E-state index in [2.05, 4.69) is 0 Å². The van der Waals surface area contributed by atoms with Crippen molar-refractivity contribution in [2.75, 3.05) is 29.4 Å². The maximum absolute atomic E-state index is 13.3. The van der Waals surface area contributed by atoms with Crippen molar-refractivity contribution in [1.82, 2.24) is 4.90 Å². The van der Waals surface area contributed by atoms with Crippen molar-refractivity contribution in [2.24, 2.45) is 0 Å². The summed E-state index contributed by atoms with van der Waals surface area (Å²) in [5.41, 5.74) is 2.06. The van der Waals surface area contributed by atoms with Gasteiger partial charge >= 0.3 is 6.09 Å². The van der Waals surface area contributed by atoms with Crippen LogP contribution in [-0.4, -0.2) is 55.2 Å². The summed E-state index contributed by atoms with van der Waals surface area (Å²) in [6.45, 7) is 8.85. The molecule has 0 saturated carbocycles. The summed E-state index contributed by atoms with van der Waals surface area (Å²) in [7, 11) is 0. The van der Waals surface area contributed by atoms with Crippen molar-refractivity contribution >= 4 is 23.4 Å². The first-order chi connectivity index (χ1) is 14.1. The number of alkyl halides is 2. The van der Waals surface area contributed by atoms with E-state index in [0.717, 1.165) is 10.5 Å². The van der Waals surface area contributed by atoms with Gasteiger partial charge in [0.15, 0.2) is 0 Å². The number of nitrogens with zero attached hydrogens (tertiary/aromatic N) is 3. The molecule has 1 aromatic rings. The van der Waals surface area contributed by atoms with Crippen LogP contribution in [0, 0.1) is 0 Å². The standard InChI is InChI=1S/C22H33F2N3O3/c1-7-17(13-25(8-2)21(23)24)18-9-10-19-20(11-18)26(22(29)30-14(3)4)12-15(5)27(19)16(6)28/h9-11,14-15,17,21H,7-8,12-13H2,1-6H3/t15-,17?/m0/s1. The predicted octanol–water partition coefficient (Wildman–Crippen LogP) is 4.83. The molecule has 0 radical (unpaired) electrons. The van der Waals surface area contributed by atoms with Gasteiger partial charge in [0.25, 0.3) is 6.55 Å². The summed E-state index contributed by atoms with van der Waals surface area (Å²) in [6.07, 6.45) is -0.0854. The van der Waals surface area contributed by atoms with E-state index in [1.165, 1.54) is 6.92 Å². The van der Waals surface area contributed by atoms with Crippen LogP contribution in [0.4, 0.5) is 25.0 Å². The SMILES string of the molecule is CCC(CN(CC)C(F)F)c1ccc2c(c1)N(C(=O)OC(C)C)C[C@H](C)N2C(C)=O. The van der Waals surface area contributed by atoms with Gasteiger partial charge in [-0.15, -0.1) is 0 Å². The number of halogens is 2. The Morgan fingerprint density at radius 1 is 1.23 bits per heavy atom. The van der Waals surface area contributed by atoms with Crippen LogP contribution >= 0.6 is 0 Å². The van der Waals surface area contributed by atoms with Gasteiger partial charge in [-0.05, 0) is 50.8 Å². The number of carbonyl (C=O) groups excluding carboxylic acids is 2. The number of hydrogen-bond donors (Lipinski definition) is 0. The third-order valence-electron chi connectivity index (χ3n) is 5.43. The van der Waals surface area contributed by atoms with Gasteiger partial charge in [-0.3, -0.25) is 9.69 Å². The molecule has 0 aliphatic carbocycles. The number of benzene rings is 1. The monoisotopic (exact) mass is 425 g/mol. The van der Waals surface area contributed by atoms with E-state index in [4.69, 9.17) is 4.74 Å². The minimum Gasteiger partial charge on any atom is -0.446 e. The summed E-state index contributed by atoms with van der Waals surface area (Å²) < 4.78 is 31.9. The van der Waals surface area contributed by atoms with Crippen LogP contribution < -0.4 is 9.80 Å². The number of amides is 2. The Hall–Kier alpha value is -2.22. The van der Waals surface area contributed by atoms with Crippen LogP contribution in [0.25, 0.3) is 0 Å². The van der Waals surface area contributed by atoms with E-state index in [9.17, 15) is 18.4 Å². The van der Waals surface area contributed by atoms with Crippen molar-refractivity contribution in [2.45, 2.75) is 72.6 Å². The molecule has 6 nitrogen and oxygen atoms in total. The Morgan fingerprint density at radius 3 is 2.40 bits per heavy atom. The Kier molecular flexibility index (Phi) is 8.18. The topological polar surface area (TPSA) is 53.1 Å². The summed E-state index contributed by atoms with van der Waals surface area (Å²) in [6, 6.07) is 5.30. The van der Waals surface area contributed by atoms with Gasteiger partial charge in [-0.1, -0.05) is 19.9 Å². The first-order valence-corrected chi connectivity index (χ1v) is 10.5. The lowest BCUT2D eigenvalue weighted by atomic mass is 9.93. The Bertz CT molecular complexity index is 757. The zero-order valence-corrected chi connectivity index (χ0v) is 18.7. The van der Waals surface area contributed by atoms with Crippen LogP contribution in [0.2, 0.25) is 0 Å². The van der Waals surface area contributed by atoms with Crippen molar-refractivity contribution in [3.8, 4) is 0 Å². The minimum atomic E-state index is -2.52. The lowest BCUT2D eigenvalue weighted by Gasteiger charge is -2.41. The first-order valence-electron chi connectivity index (χ1n) is 10.5. The lowest BCUT2D eigenvalue weighted by molar-refractivity contribution is -0.117. The number of ether oxygens (including phenoxy) is 1. The maximum Gasteiger partial charge on any atom is 0.414 e. The normalized spacial score (nSPS) is 17.5. The average molecular weight is 426 g/mol. The molecular weight excluding hydrogens is 392 g/mol. The smallest absolute Gasteiger partial charge is 0.414 e. The fourth-order valence-electron chi connectivity index (χ4n) is 3.91. The fourth-order valence-corrected chi connectivity index (χ4v) is 3.91. The molecule has 1 aromatic carbocycles. The van der Waals surface area contributed by atoms with Gasteiger partial charge in [-0.2, -0.15) is 8.78 Å². The van der Waals surface area contributed by atoms with Crippen molar-refractivity contribution in [3.63, 3.8) is 0 Å². The number of rotatable bonds is 7. The van der Waals surface area contributed by atoms with Gasteiger partial charge in [-0.25, -0.2) is 9.69 Å². The van der Waals surface area contributed by atoms with Gasteiger partial charge < -0.3 is 9.64 Å². The van der Waals surface area contributed by atoms with Crippen LogP contribution in [0.5, 0.6) is 0 Å². The highest BCUT2D eigenvalue weighted by Crippen LogP contribution is 2.39. The highest BCUT2D eigenvalue weighted by Gasteiger charge is 2.35. The molecule has 8 heteroatoms. The molecule has 1 aliphatic heterocycles. The van der Waals surface area contributed by atoms with E-state index in [-0.39, 0.29) is 37.1 Å². The Labute approximate surface area is 177 Å². The molecule has 30 heavy (non-hydrogen) atoms. The van der Waals surface area contributed by atoms with E-state index in [0.29, 0.717) is 24.3 Å². The third-order valence-corrected chi connectivity index (χ3v) is 5.43. The molecule has 2 rings (SSSR count). The van der Waals surface area contributed by atoms with Crippen molar-refractivity contribution in [1.29, 1.82) is 0 Å². The molecule has 2 atom stereocenters. The van der Waals surface area contributed by atoms with Crippen molar-refractivity contribution in [3.05, 3.63) is 23.8 Å². The zero-order chi connectivity index (χ0) is 22.6. The molecule has 1 heterocycles. The summed E-state index contributed by atoms with van der Waals surface area (Å²) in [5, 5.41) is 0. The van der Waals surface area contributed by atoms with Gasteiger partial charge in [0.05, 0.1) is 23.5 Å². The Morgan fingerprint density at radius 2 is 1.90 bits per heavy atom. The minimum absolute atomic E-state index is 0.115. The van der Waals surface area contributed by atoms with Gasteiger partial charge in [0.1, 0.15) is 0 Å². The number of hydrogen-bond acceptors (Lipinski definition) is 4. The largest absolute Gasteiger partial charge is 0.446 e. The molecule has 0 aromatic heterocycles. The van der Waals surface area contributed by atoms with Crippen LogP contribution in [0.3, 0.4) is 0 Å². The van der Waals surface area contributed by atoms with Crippen LogP contribution in [0.1, 0.15) is 59.4 Å². The van der Waals surface area contributed by atoms with Crippen LogP contribution in [-0.2, 0) is 9.53 Å². The fraction of sp³-hybridized carbons (Fsp3) is 0.636. The molecule has 0 N–H and O–H groups in total. The van der Waals surface area contributed by atoms with Crippen LogP contribution in [0.15, 0.2) is 18.2 Å². The van der Waals surface area contributed by atoms with E-state index in [1.54, 1.807) is 36.6 Å². The number of fused-ring (bicyclic) bond motifs is 1. The lowest BCUT2D eigenvalue weighted by Crippen LogP contribution is -2.51. The summed E-state index contributed by atoms with van der Waals surface area (Å²) in [5.74, 6) is -0.243. The second-order valence-electron chi connectivity index (χ2n) is 8.00. The second kappa shape index (κ2) is 10.2. The molecule has 1 unspecified atom stereocenters. The molecule has 0 bridgehead atoms. The third kappa shape index (κ3) is 5.28. The number of likely N-dealkylation sites (N-methyl/N-ethyl adjacent to an activating group) is 1. The number of carbonyl (C=O) groups is 2. The number of anilines is 2. The second-order valence-corrected chi connectivity index (χ2v) is 8.00. The van der Waals surface area contributed by atoms with Gasteiger partial charge in [0, 0.05) is 26.6 Å². The zero-order valence-electron chi connectivity index (χ0n) is 18.7. The Balaban J connectivity index is 2.48. The predicted molar refractivity (Wildman–Crippen MR) is 114 cm³/mol. The quantitative estimate of drug-likeness (QED) is 0.587. The molecule has 2 amide bonds. The molecule has 0 fully saturated rings. The first kappa shape index (κ1) is 24.1. The highest BCUT2D eigenvalue weighted by atomic mass is 19.3. The molecule has 0 saturated heterocycles. The van der Waals surface area contributed by atoms with E-state index >= 15 is 0 Å². The molecular formula is C22H33F2N3O3. The highest BCUT2D eigenvalue weighted by molar-refractivity contribution is 6.02. The maximum atomic E-state index is 13.3.